The summed E-state index contributed by atoms with van der Waals surface area (Å²) in [6.07, 6.45) is 6.74. The summed E-state index contributed by atoms with van der Waals surface area (Å²) < 4.78 is 0. The number of unbranched alkanes of at least 4 members (excludes halogenated alkanes) is 1. The standard InChI is InChI=1S/C9H16S/c1-5-6-7-9(10-4)8(2)3/h7H,2,5-6H2,1,3-4H3/b9-7-. The van der Waals surface area contributed by atoms with Crippen LogP contribution in [0.5, 0.6) is 0 Å². The van der Waals surface area contributed by atoms with E-state index in [4.69, 9.17) is 0 Å². The van der Waals surface area contributed by atoms with Crippen molar-refractivity contribution < 1.29 is 0 Å². The zero-order chi connectivity index (χ0) is 7.98. The molecule has 0 aromatic rings. The molecular weight excluding hydrogens is 140 g/mol. The lowest BCUT2D eigenvalue weighted by molar-refractivity contribution is 0.956. The number of rotatable bonds is 4. The third-order valence-electron chi connectivity index (χ3n) is 1.26. The topological polar surface area (TPSA) is 0 Å². The van der Waals surface area contributed by atoms with Crippen LogP contribution in [0.3, 0.4) is 0 Å². The molecule has 0 nitrogen and oxygen atoms in total. The van der Waals surface area contributed by atoms with Crippen LogP contribution in [0.25, 0.3) is 0 Å². The number of hydrogen-bond donors (Lipinski definition) is 0. The molecule has 58 valence electrons. The first-order valence-corrected chi connectivity index (χ1v) is 4.84. The second kappa shape index (κ2) is 5.60. The van der Waals surface area contributed by atoms with E-state index in [-0.39, 0.29) is 0 Å². The van der Waals surface area contributed by atoms with E-state index in [2.05, 4.69) is 32.8 Å². The first-order chi connectivity index (χ1) is 4.72. The Morgan fingerprint density at radius 3 is 2.50 bits per heavy atom. The van der Waals surface area contributed by atoms with Crippen LogP contribution in [0.1, 0.15) is 26.7 Å². The van der Waals surface area contributed by atoms with Gasteiger partial charge in [0.15, 0.2) is 0 Å². The van der Waals surface area contributed by atoms with E-state index >= 15 is 0 Å². The van der Waals surface area contributed by atoms with Gasteiger partial charge in [0.2, 0.25) is 0 Å². The van der Waals surface area contributed by atoms with E-state index < -0.39 is 0 Å². The molecule has 0 radical (unpaired) electrons. The SMILES string of the molecule is C=C(C)/C(=C/CCC)SC. The molecule has 0 N–H and O–H groups in total. The minimum absolute atomic E-state index is 1.17. The summed E-state index contributed by atoms with van der Waals surface area (Å²) >= 11 is 1.78. The molecule has 0 aliphatic rings. The zero-order valence-electron chi connectivity index (χ0n) is 7.11. The summed E-state index contributed by atoms with van der Waals surface area (Å²) in [5.41, 5.74) is 1.18. The summed E-state index contributed by atoms with van der Waals surface area (Å²) in [5, 5.41) is 0. The molecule has 0 amide bonds. The van der Waals surface area contributed by atoms with Crippen LogP contribution in [0.4, 0.5) is 0 Å². The Balaban J connectivity index is 3.91. The molecular formula is C9H16S. The predicted octanol–water partition coefficient (Wildman–Crippen LogP) is 3.61. The maximum Gasteiger partial charge on any atom is 0.00525 e. The predicted molar refractivity (Wildman–Crippen MR) is 51.3 cm³/mol. The van der Waals surface area contributed by atoms with Crippen molar-refractivity contribution in [3.63, 3.8) is 0 Å². The van der Waals surface area contributed by atoms with Crippen LogP contribution in [-0.4, -0.2) is 6.26 Å². The number of thioether (sulfide) groups is 1. The van der Waals surface area contributed by atoms with Gasteiger partial charge in [-0.2, -0.15) is 0 Å². The van der Waals surface area contributed by atoms with Gasteiger partial charge in [-0.05, 0) is 25.2 Å². The Kier molecular flexibility index (Phi) is 5.51. The van der Waals surface area contributed by atoms with E-state index in [1.54, 1.807) is 11.8 Å². The summed E-state index contributed by atoms with van der Waals surface area (Å²) in [6, 6.07) is 0. The molecule has 0 aliphatic heterocycles. The van der Waals surface area contributed by atoms with Gasteiger partial charge in [-0.1, -0.05) is 26.0 Å². The quantitative estimate of drug-likeness (QED) is 0.560. The zero-order valence-corrected chi connectivity index (χ0v) is 7.92. The van der Waals surface area contributed by atoms with Gasteiger partial charge in [-0.25, -0.2) is 0 Å². The van der Waals surface area contributed by atoms with Gasteiger partial charge in [0.05, 0.1) is 0 Å². The smallest absolute Gasteiger partial charge is 0.00525 e. The summed E-state index contributed by atoms with van der Waals surface area (Å²) in [5.74, 6) is 0. The molecule has 0 heterocycles. The van der Waals surface area contributed by atoms with Gasteiger partial charge in [0.25, 0.3) is 0 Å². The third-order valence-corrected chi connectivity index (χ3v) is 2.21. The van der Waals surface area contributed by atoms with Crippen molar-refractivity contribution in [3.05, 3.63) is 23.1 Å². The highest BCUT2D eigenvalue weighted by molar-refractivity contribution is 8.02. The first-order valence-electron chi connectivity index (χ1n) is 3.62. The Morgan fingerprint density at radius 1 is 1.60 bits per heavy atom. The van der Waals surface area contributed by atoms with Crippen molar-refractivity contribution in [2.24, 2.45) is 0 Å². The lowest BCUT2D eigenvalue weighted by Gasteiger charge is -2.00. The maximum absolute atomic E-state index is 3.89. The molecule has 1 heteroatoms. The van der Waals surface area contributed by atoms with Gasteiger partial charge < -0.3 is 0 Å². The van der Waals surface area contributed by atoms with Crippen molar-refractivity contribution in [2.45, 2.75) is 26.7 Å². The van der Waals surface area contributed by atoms with E-state index in [0.29, 0.717) is 0 Å². The fourth-order valence-corrected chi connectivity index (χ4v) is 1.34. The molecule has 0 bridgehead atoms. The lowest BCUT2D eigenvalue weighted by atomic mass is 10.2. The molecule has 0 saturated heterocycles. The molecule has 0 rings (SSSR count). The van der Waals surface area contributed by atoms with E-state index in [9.17, 15) is 0 Å². The van der Waals surface area contributed by atoms with Gasteiger partial charge >= 0.3 is 0 Å². The fraction of sp³-hybridized carbons (Fsp3) is 0.556. The van der Waals surface area contributed by atoms with Crippen LogP contribution in [0, 0.1) is 0 Å². The molecule has 0 fully saturated rings. The largest absolute Gasteiger partial charge is 0.130 e. The summed E-state index contributed by atoms with van der Waals surface area (Å²) in [6.45, 7) is 8.13. The molecule has 0 aromatic heterocycles. The summed E-state index contributed by atoms with van der Waals surface area (Å²) in [4.78, 5) is 1.34. The van der Waals surface area contributed by atoms with Crippen LogP contribution in [-0.2, 0) is 0 Å². The van der Waals surface area contributed by atoms with E-state index in [0.717, 1.165) is 0 Å². The van der Waals surface area contributed by atoms with Crippen molar-refractivity contribution in [1.82, 2.24) is 0 Å². The monoisotopic (exact) mass is 156 g/mol. The summed E-state index contributed by atoms with van der Waals surface area (Å²) in [7, 11) is 0. The van der Waals surface area contributed by atoms with Gasteiger partial charge in [-0.3, -0.25) is 0 Å². The fourth-order valence-electron chi connectivity index (χ4n) is 0.707. The van der Waals surface area contributed by atoms with Crippen molar-refractivity contribution in [2.75, 3.05) is 6.26 Å². The van der Waals surface area contributed by atoms with E-state index in [1.165, 1.54) is 23.3 Å². The average Bonchev–Trinajstić information content (AvgIpc) is 1.89. The second-order valence-electron chi connectivity index (χ2n) is 2.34. The van der Waals surface area contributed by atoms with Gasteiger partial charge in [-0.15, -0.1) is 11.8 Å². The van der Waals surface area contributed by atoms with Crippen LogP contribution in [0.2, 0.25) is 0 Å². The van der Waals surface area contributed by atoms with Crippen molar-refractivity contribution >= 4 is 11.8 Å². The molecule has 0 aliphatic carbocycles. The highest BCUT2D eigenvalue weighted by Gasteiger charge is 1.92. The molecule has 0 atom stereocenters. The normalized spacial score (nSPS) is 11.7. The van der Waals surface area contributed by atoms with Gasteiger partial charge in [0, 0.05) is 4.91 Å². The lowest BCUT2D eigenvalue weighted by Crippen LogP contribution is -1.76. The Hall–Kier alpha value is -0.170. The van der Waals surface area contributed by atoms with Crippen LogP contribution in [0.15, 0.2) is 23.1 Å². The van der Waals surface area contributed by atoms with Crippen LogP contribution >= 0.6 is 11.8 Å². The third kappa shape index (κ3) is 3.78. The molecule has 0 unspecified atom stereocenters. The van der Waals surface area contributed by atoms with Crippen LogP contribution < -0.4 is 0 Å². The Bertz CT molecular complexity index is 134. The minimum atomic E-state index is 1.17. The molecule has 0 spiro atoms. The highest BCUT2D eigenvalue weighted by atomic mass is 32.2. The van der Waals surface area contributed by atoms with Crippen molar-refractivity contribution in [3.8, 4) is 0 Å². The van der Waals surface area contributed by atoms with E-state index in [1.807, 2.05) is 0 Å². The molecule has 10 heavy (non-hydrogen) atoms. The molecule has 0 saturated carbocycles. The second-order valence-corrected chi connectivity index (χ2v) is 3.19. The van der Waals surface area contributed by atoms with Crippen molar-refractivity contribution in [1.29, 1.82) is 0 Å². The average molecular weight is 156 g/mol. The maximum atomic E-state index is 3.89. The van der Waals surface area contributed by atoms with Gasteiger partial charge in [0.1, 0.15) is 0 Å². The highest BCUT2D eigenvalue weighted by Crippen LogP contribution is 2.20. The Morgan fingerprint density at radius 2 is 2.20 bits per heavy atom. The Labute approximate surface area is 68.4 Å². The number of hydrogen-bond acceptors (Lipinski definition) is 1. The minimum Gasteiger partial charge on any atom is -0.130 e. The molecule has 0 aromatic carbocycles. The first kappa shape index (κ1) is 9.83. The number of allylic oxidation sites excluding steroid dienone is 2.